The molecule has 0 saturated heterocycles. The first-order chi connectivity index (χ1) is 27.9. The van der Waals surface area contributed by atoms with Crippen LogP contribution in [0, 0.1) is 34.6 Å². The number of hydrogen-bond acceptors (Lipinski definition) is 6. The van der Waals surface area contributed by atoms with Crippen LogP contribution in [0.2, 0.25) is 0 Å². The Morgan fingerprint density at radius 3 is 0.983 bits per heavy atom. The van der Waals surface area contributed by atoms with Crippen LogP contribution in [0.15, 0.2) is 188 Å². The normalized spacial score (nSPS) is 10.0. The summed E-state index contributed by atoms with van der Waals surface area (Å²) in [7, 11) is -1.78. The Morgan fingerprint density at radius 1 is 0.356 bits per heavy atom. The average molecular weight is 885 g/mol. The number of hydrogen-bond donors (Lipinski definition) is 0. The molecule has 0 radical (unpaired) electrons. The summed E-state index contributed by atoms with van der Waals surface area (Å²) in [6.45, 7) is 9.97. The van der Waals surface area contributed by atoms with E-state index in [1.54, 1.807) is 0 Å². The van der Waals surface area contributed by atoms with E-state index in [-0.39, 0.29) is 31.9 Å². The van der Waals surface area contributed by atoms with Gasteiger partial charge in [0.15, 0.2) is 11.6 Å². The number of halogens is 1. The fourth-order valence-electron chi connectivity index (χ4n) is 6.08. The first-order valence-corrected chi connectivity index (χ1v) is 19.0. The molecule has 3 aromatic heterocycles. The largest absolute Gasteiger partial charge is 2.00 e. The molecular weight excluding hydrogens is 838 g/mol. The summed E-state index contributed by atoms with van der Waals surface area (Å²) in [4.78, 5) is 14.4. The molecule has 0 N–H and O–H groups in total. The third-order valence-corrected chi connectivity index (χ3v) is 8.94. The maximum absolute atomic E-state index is 4.97. The molecule has 6 aromatic carbocycles. The number of aryl methyl sites for hydroxylation is 5. The van der Waals surface area contributed by atoms with Crippen molar-refractivity contribution in [2.75, 3.05) is 0 Å². The fraction of sp³-hybridized carbons (Fsp3) is 0.106. The zero-order valence-corrected chi connectivity index (χ0v) is 36.4. The predicted octanol–water partition coefficient (Wildman–Crippen LogP) is 6.73. The SMILES string of the molecule is Cc1ccccc1.Cc1ccccc1.Cc1nc(-c2ccccc2)n([BH-](n2nc(-c3ccccc3)nc2C)n2nc(-c3ccccc3)nc2C)n1.[Cl-].[Ru+2].c1ccccc1. The summed E-state index contributed by atoms with van der Waals surface area (Å²) in [5.74, 6) is 4.21. The van der Waals surface area contributed by atoms with Gasteiger partial charge >= 0.3 is 26.6 Å². The van der Waals surface area contributed by atoms with E-state index in [1.165, 1.54) is 11.1 Å². The van der Waals surface area contributed by atoms with Crippen molar-refractivity contribution in [3.63, 3.8) is 0 Å². The minimum absolute atomic E-state index is 0. The van der Waals surface area contributed by atoms with Gasteiger partial charge in [-0.1, -0.05) is 199 Å². The minimum Gasteiger partial charge on any atom is -1.00 e. The Balaban J connectivity index is 0.000000284. The quantitative estimate of drug-likeness (QED) is 0.172. The van der Waals surface area contributed by atoms with Crippen molar-refractivity contribution in [3.05, 3.63) is 217 Å². The van der Waals surface area contributed by atoms with Crippen molar-refractivity contribution < 1.29 is 31.9 Å². The Kier molecular flexibility index (Phi) is 17.9. The van der Waals surface area contributed by atoms with Gasteiger partial charge in [-0.3, -0.25) is 0 Å². The molecule has 0 aliphatic rings. The number of aromatic nitrogens is 9. The minimum atomic E-state index is -1.78. The van der Waals surface area contributed by atoms with Gasteiger partial charge in [0.25, 0.3) is 0 Å². The molecule has 59 heavy (non-hydrogen) atoms. The summed E-state index contributed by atoms with van der Waals surface area (Å²) in [5, 5.41) is 14.8. The summed E-state index contributed by atoms with van der Waals surface area (Å²) in [6.07, 6.45) is 0. The molecule has 0 spiro atoms. The number of nitrogens with zero attached hydrogens (tertiary/aromatic N) is 9. The average Bonchev–Trinajstić information content (AvgIpc) is 3.97. The molecule has 0 unspecified atom stereocenters. The maximum Gasteiger partial charge on any atom is 2.00 e. The molecule has 9 rings (SSSR count). The third kappa shape index (κ3) is 12.9. The summed E-state index contributed by atoms with van der Waals surface area (Å²) >= 11 is 0. The van der Waals surface area contributed by atoms with Crippen molar-refractivity contribution in [2.45, 2.75) is 34.6 Å². The van der Waals surface area contributed by atoms with Gasteiger partial charge in [0.1, 0.15) is 11.6 Å². The molecule has 9 nitrogen and oxygen atoms in total. The molecule has 0 aliphatic heterocycles. The van der Waals surface area contributed by atoms with Crippen molar-refractivity contribution in [1.82, 2.24) is 44.0 Å². The van der Waals surface area contributed by atoms with Crippen LogP contribution in [0.1, 0.15) is 28.6 Å². The zero-order chi connectivity index (χ0) is 39.8. The van der Waals surface area contributed by atoms with Crippen LogP contribution in [0.25, 0.3) is 34.2 Å². The molecular formula is C47H47BClN9Ru. The van der Waals surface area contributed by atoms with E-state index in [0.29, 0.717) is 17.5 Å². The first-order valence-electron chi connectivity index (χ1n) is 19.0. The van der Waals surface area contributed by atoms with Gasteiger partial charge < -0.3 is 26.2 Å². The van der Waals surface area contributed by atoms with Crippen LogP contribution < -0.4 is 12.4 Å². The van der Waals surface area contributed by atoms with E-state index in [1.807, 2.05) is 198 Å². The molecule has 9 aromatic rings. The van der Waals surface area contributed by atoms with Gasteiger partial charge in [0.2, 0.25) is 0 Å². The fourth-order valence-corrected chi connectivity index (χ4v) is 6.08. The van der Waals surface area contributed by atoms with Crippen LogP contribution in [0.5, 0.6) is 0 Å². The number of rotatable bonds is 6. The molecule has 12 heteroatoms. The second-order valence-electron chi connectivity index (χ2n) is 13.4. The Morgan fingerprint density at radius 2 is 0.661 bits per heavy atom. The topological polar surface area (TPSA) is 92.1 Å². The summed E-state index contributed by atoms with van der Waals surface area (Å²) < 4.78 is 5.76. The van der Waals surface area contributed by atoms with Crippen molar-refractivity contribution in [2.24, 2.45) is 0 Å². The molecule has 0 aliphatic carbocycles. The molecule has 0 bridgehead atoms. The van der Waals surface area contributed by atoms with E-state index in [4.69, 9.17) is 30.2 Å². The summed E-state index contributed by atoms with van der Waals surface area (Å²) in [6, 6.07) is 62.5. The molecule has 3 heterocycles. The van der Waals surface area contributed by atoms with Crippen molar-refractivity contribution in [3.8, 4) is 34.2 Å². The standard InChI is InChI=1S/C27H25BN9.2C7H8.C6H6.ClH.Ru/c1-19-29-27(24-17-11-6-12-18-24)37(32-19)28(35-20(2)30-25(33-35)22-13-7-4-8-14-22)36-21(3)31-26(34-36)23-15-9-5-10-16-23;2*1-7-5-3-2-4-6-7;1-2-4-6-5-3-1;;/h4-18,28H,1-3H3;2*2-6H,1H3;1-6H;1H;/q-1;;;;;+2/p-1. The van der Waals surface area contributed by atoms with Crippen LogP contribution >= 0.6 is 0 Å². The Hall–Kier alpha value is -6.28. The second kappa shape index (κ2) is 23.2. The molecule has 298 valence electrons. The maximum atomic E-state index is 4.97. The second-order valence-corrected chi connectivity index (χ2v) is 13.4. The van der Waals surface area contributed by atoms with Crippen molar-refractivity contribution in [1.29, 1.82) is 0 Å². The summed E-state index contributed by atoms with van der Waals surface area (Å²) in [5.41, 5.74) is 5.49. The Bertz CT molecular complexity index is 2370. The Labute approximate surface area is 366 Å². The van der Waals surface area contributed by atoms with Crippen molar-refractivity contribution >= 4 is 7.12 Å². The predicted molar refractivity (Wildman–Crippen MR) is 233 cm³/mol. The third-order valence-electron chi connectivity index (χ3n) is 8.94. The van der Waals surface area contributed by atoms with E-state index in [2.05, 4.69) is 38.1 Å². The van der Waals surface area contributed by atoms with Gasteiger partial charge in [-0.2, -0.15) is 15.3 Å². The van der Waals surface area contributed by atoms with Gasteiger partial charge in [0, 0.05) is 16.7 Å². The van der Waals surface area contributed by atoms with Gasteiger partial charge in [0.05, 0.1) is 11.6 Å². The van der Waals surface area contributed by atoms with Crippen LogP contribution in [0.4, 0.5) is 0 Å². The van der Waals surface area contributed by atoms with E-state index >= 15 is 0 Å². The van der Waals surface area contributed by atoms with Gasteiger partial charge in [-0.05, 0) is 34.6 Å². The molecule has 0 amide bonds. The molecule has 0 saturated carbocycles. The molecule has 0 atom stereocenters. The van der Waals surface area contributed by atoms with E-state index in [9.17, 15) is 0 Å². The van der Waals surface area contributed by atoms with Crippen LogP contribution in [0.3, 0.4) is 0 Å². The van der Waals surface area contributed by atoms with Gasteiger partial charge in [-0.15, -0.1) is 0 Å². The van der Waals surface area contributed by atoms with Crippen LogP contribution in [-0.4, -0.2) is 51.1 Å². The first kappa shape index (κ1) is 45.4. The van der Waals surface area contributed by atoms with E-state index in [0.717, 1.165) is 34.2 Å². The van der Waals surface area contributed by atoms with Gasteiger partial charge in [-0.25, -0.2) is 15.0 Å². The molecule has 0 fully saturated rings. The smallest absolute Gasteiger partial charge is 1.00 e. The number of benzene rings is 6. The monoisotopic (exact) mass is 885 g/mol. The van der Waals surface area contributed by atoms with Crippen LogP contribution in [-0.2, 0) is 19.5 Å². The zero-order valence-electron chi connectivity index (χ0n) is 33.9. The van der Waals surface area contributed by atoms with E-state index < -0.39 is 7.12 Å².